The fourth-order valence-electron chi connectivity index (χ4n) is 2.58. The van der Waals surface area contributed by atoms with E-state index in [1.807, 2.05) is 18.2 Å². The fraction of sp³-hybridized carbons (Fsp3) is 0.130. The SMILES string of the molecule is CC(C)(Oc1ccc(Cl)cc1)C(=O)Nc1ccc(NC(=O)Nc2ccccc2)cc1. The molecular weight excluding hydrogens is 402 g/mol. The van der Waals surface area contributed by atoms with Crippen LogP contribution in [-0.2, 0) is 4.79 Å². The Morgan fingerprint density at radius 2 is 1.23 bits per heavy atom. The largest absolute Gasteiger partial charge is 0.478 e. The molecule has 154 valence electrons. The third-order valence-corrected chi connectivity index (χ3v) is 4.42. The number of urea groups is 1. The number of amides is 3. The molecule has 0 bridgehead atoms. The summed E-state index contributed by atoms with van der Waals surface area (Å²) in [6.45, 7) is 3.36. The zero-order chi connectivity index (χ0) is 21.6. The van der Waals surface area contributed by atoms with Gasteiger partial charge in [0.2, 0.25) is 0 Å². The van der Waals surface area contributed by atoms with E-state index in [4.69, 9.17) is 16.3 Å². The van der Waals surface area contributed by atoms with Crippen molar-refractivity contribution < 1.29 is 14.3 Å². The van der Waals surface area contributed by atoms with Crippen molar-refractivity contribution in [3.05, 3.63) is 83.9 Å². The van der Waals surface area contributed by atoms with Crippen molar-refractivity contribution >= 4 is 40.6 Å². The van der Waals surface area contributed by atoms with Gasteiger partial charge < -0.3 is 20.7 Å². The summed E-state index contributed by atoms with van der Waals surface area (Å²) in [6, 6.07) is 22.4. The van der Waals surface area contributed by atoms with E-state index in [-0.39, 0.29) is 11.9 Å². The van der Waals surface area contributed by atoms with Gasteiger partial charge in [-0.15, -0.1) is 0 Å². The van der Waals surface area contributed by atoms with Crippen molar-refractivity contribution in [3.8, 4) is 5.75 Å². The maximum Gasteiger partial charge on any atom is 0.323 e. The van der Waals surface area contributed by atoms with Crippen LogP contribution in [0.3, 0.4) is 0 Å². The third kappa shape index (κ3) is 5.99. The van der Waals surface area contributed by atoms with Gasteiger partial charge in [-0.05, 0) is 74.5 Å². The second-order valence-corrected chi connectivity index (χ2v) is 7.48. The average molecular weight is 424 g/mol. The molecule has 0 radical (unpaired) electrons. The van der Waals surface area contributed by atoms with Gasteiger partial charge in [0, 0.05) is 22.1 Å². The maximum atomic E-state index is 12.6. The van der Waals surface area contributed by atoms with E-state index in [0.29, 0.717) is 27.8 Å². The van der Waals surface area contributed by atoms with Crippen molar-refractivity contribution in [1.82, 2.24) is 0 Å². The van der Waals surface area contributed by atoms with Crippen LogP contribution in [0.25, 0.3) is 0 Å². The predicted octanol–water partition coefficient (Wildman–Crippen LogP) is 5.78. The van der Waals surface area contributed by atoms with Gasteiger partial charge in [0.25, 0.3) is 5.91 Å². The second-order valence-electron chi connectivity index (χ2n) is 7.04. The molecule has 0 spiro atoms. The Balaban J connectivity index is 1.55. The molecule has 0 saturated carbocycles. The minimum absolute atomic E-state index is 0.306. The van der Waals surface area contributed by atoms with Crippen LogP contribution >= 0.6 is 11.6 Å². The van der Waals surface area contributed by atoms with Crippen molar-refractivity contribution in [2.24, 2.45) is 0 Å². The molecule has 7 heteroatoms. The minimum atomic E-state index is -1.10. The first-order valence-electron chi connectivity index (χ1n) is 9.31. The number of halogens is 1. The molecule has 0 unspecified atom stereocenters. The molecule has 0 aliphatic heterocycles. The summed E-state index contributed by atoms with van der Waals surface area (Å²) in [5.74, 6) is 0.239. The number of anilines is 3. The first-order valence-corrected chi connectivity index (χ1v) is 9.69. The number of carbonyl (C=O) groups is 2. The summed E-state index contributed by atoms with van der Waals surface area (Å²) in [5.41, 5.74) is 0.780. The number of hydrogen-bond acceptors (Lipinski definition) is 3. The highest BCUT2D eigenvalue weighted by molar-refractivity contribution is 6.30. The Labute approximate surface area is 180 Å². The van der Waals surface area contributed by atoms with Crippen LogP contribution in [-0.4, -0.2) is 17.5 Å². The summed E-state index contributed by atoms with van der Waals surface area (Å²) >= 11 is 5.87. The van der Waals surface area contributed by atoms with Crippen LogP contribution < -0.4 is 20.7 Å². The normalized spacial score (nSPS) is 10.8. The molecule has 3 N–H and O–H groups in total. The molecule has 6 nitrogen and oxygen atoms in total. The first kappa shape index (κ1) is 21.2. The fourth-order valence-corrected chi connectivity index (χ4v) is 2.70. The Hall–Kier alpha value is -3.51. The highest BCUT2D eigenvalue weighted by Gasteiger charge is 2.30. The smallest absolute Gasteiger partial charge is 0.323 e. The minimum Gasteiger partial charge on any atom is -0.478 e. The summed E-state index contributed by atoms with van der Waals surface area (Å²) in [4.78, 5) is 24.7. The summed E-state index contributed by atoms with van der Waals surface area (Å²) in [7, 11) is 0. The van der Waals surface area contributed by atoms with E-state index in [0.717, 1.165) is 0 Å². The van der Waals surface area contributed by atoms with Gasteiger partial charge >= 0.3 is 6.03 Å². The zero-order valence-corrected chi connectivity index (χ0v) is 17.4. The van der Waals surface area contributed by atoms with E-state index >= 15 is 0 Å². The van der Waals surface area contributed by atoms with E-state index < -0.39 is 5.60 Å². The van der Waals surface area contributed by atoms with Crippen molar-refractivity contribution in [3.63, 3.8) is 0 Å². The predicted molar refractivity (Wildman–Crippen MR) is 120 cm³/mol. The lowest BCUT2D eigenvalue weighted by Crippen LogP contribution is -2.42. The molecule has 30 heavy (non-hydrogen) atoms. The molecule has 0 atom stereocenters. The van der Waals surface area contributed by atoms with Crippen LogP contribution in [0.4, 0.5) is 21.9 Å². The lowest BCUT2D eigenvalue weighted by atomic mass is 10.1. The molecule has 0 heterocycles. The van der Waals surface area contributed by atoms with Crippen molar-refractivity contribution in [1.29, 1.82) is 0 Å². The number of nitrogens with one attached hydrogen (secondary N) is 3. The summed E-state index contributed by atoms with van der Waals surface area (Å²) in [6.07, 6.45) is 0. The van der Waals surface area contributed by atoms with E-state index in [9.17, 15) is 9.59 Å². The number of carbonyl (C=O) groups excluding carboxylic acids is 2. The quantitative estimate of drug-likeness (QED) is 0.470. The number of benzene rings is 3. The van der Waals surface area contributed by atoms with Crippen molar-refractivity contribution in [2.45, 2.75) is 19.4 Å². The Kier molecular flexibility index (Phi) is 6.59. The lowest BCUT2D eigenvalue weighted by Gasteiger charge is -2.25. The van der Waals surface area contributed by atoms with Gasteiger partial charge in [-0.25, -0.2) is 4.79 Å². The summed E-state index contributed by atoms with van der Waals surface area (Å²) in [5, 5.41) is 8.89. The van der Waals surface area contributed by atoms with Gasteiger partial charge in [-0.2, -0.15) is 0 Å². The molecular formula is C23H22ClN3O3. The zero-order valence-electron chi connectivity index (χ0n) is 16.6. The van der Waals surface area contributed by atoms with Crippen LogP contribution in [0.5, 0.6) is 5.75 Å². The van der Waals surface area contributed by atoms with Gasteiger partial charge in [0.1, 0.15) is 5.75 Å². The van der Waals surface area contributed by atoms with Crippen LogP contribution in [0, 0.1) is 0 Å². The first-order chi connectivity index (χ1) is 14.3. The molecule has 0 fully saturated rings. The maximum absolute atomic E-state index is 12.6. The molecule has 0 aliphatic rings. The average Bonchev–Trinajstić information content (AvgIpc) is 2.71. The molecule has 3 rings (SSSR count). The van der Waals surface area contributed by atoms with Crippen LogP contribution in [0.2, 0.25) is 5.02 Å². The van der Waals surface area contributed by atoms with Gasteiger partial charge in [0.05, 0.1) is 0 Å². The van der Waals surface area contributed by atoms with Crippen LogP contribution in [0.15, 0.2) is 78.9 Å². The number of rotatable bonds is 6. The molecule has 0 aliphatic carbocycles. The topological polar surface area (TPSA) is 79.5 Å². The van der Waals surface area contributed by atoms with Gasteiger partial charge in [-0.1, -0.05) is 29.8 Å². The Morgan fingerprint density at radius 1 is 0.733 bits per heavy atom. The second kappa shape index (κ2) is 9.33. The van der Waals surface area contributed by atoms with E-state index in [2.05, 4.69) is 16.0 Å². The third-order valence-electron chi connectivity index (χ3n) is 4.17. The lowest BCUT2D eigenvalue weighted by molar-refractivity contribution is -0.128. The Morgan fingerprint density at radius 3 is 1.80 bits per heavy atom. The number of ether oxygens (including phenoxy) is 1. The monoisotopic (exact) mass is 423 g/mol. The summed E-state index contributed by atoms with van der Waals surface area (Å²) < 4.78 is 5.79. The molecule has 0 saturated heterocycles. The van der Waals surface area contributed by atoms with Crippen LogP contribution in [0.1, 0.15) is 13.8 Å². The standard InChI is InChI=1S/C23H22ClN3O3/c1-23(2,30-20-14-8-16(24)9-15-20)21(28)25-18-10-12-19(13-11-18)27-22(29)26-17-6-4-3-5-7-17/h3-15H,1-2H3,(H,25,28)(H2,26,27,29). The molecule has 3 aromatic rings. The Bertz CT molecular complexity index is 1000. The van der Waals surface area contributed by atoms with Gasteiger partial charge in [0.15, 0.2) is 5.60 Å². The van der Waals surface area contributed by atoms with E-state index in [1.165, 1.54) is 0 Å². The number of hydrogen-bond donors (Lipinski definition) is 3. The molecule has 3 aromatic carbocycles. The van der Waals surface area contributed by atoms with E-state index in [1.54, 1.807) is 74.5 Å². The molecule has 3 amide bonds. The van der Waals surface area contributed by atoms with Crippen molar-refractivity contribution in [2.75, 3.05) is 16.0 Å². The highest BCUT2D eigenvalue weighted by Crippen LogP contribution is 2.22. The molecule has 0 aromatic heterocycles. The highest BCUT2D eigenvalue weighted by atomic mass is 35.5. The van der Waals surface area contributed by atoms with Gasteiger partial charge in [-0.3, -0.25) is 4.79 Å². The number of para-hydroxylation sites is 1.